The lowest BCUT2D eigenvalue weighted by Crippen LogP contribution is -2.56. The van der Waals surface area contributed by atoms with E-state index in [0.717, 1.165) is 10.1 Å². The number of rotatable bonds is 12. The van der Waals surface area contributed by atoms with Crippen LogP contribution in [0, 0.1) is 12.8 Å². The molecule has 0 bridgehead atoms. The Bertz CT molecular complexity index is 1750. The lowest BCUT2D eigenvalue weighted by atomic mass is 10.0. The van der Waals surface area contributed by atoms with E-state index in [4.69, 9.17) is 23.5 Å². The Hall–Kier alpha value is -3.78. The van der Waals surface area contributed by atoms with Gasteiger partial charge in [0.2, 0.25) is 5.89 Å². The molecule has 12 nitrogen and oxygen atoms in total. The van der Waals surface area contributed by atoms with Gasteiger partial charge in [-0.15, -0.1) is 11.3 Å². The van der Waals surface area contributed by atoms with Crippen molar-refractivity contribution in [3.63, 3.8) is 0 Å². The monoisotopic (exact) mass is 640 g/mol. The highest BCUT2D eigenvalue weighted by Crippen LogP contribution is 2.37. The fourth-order valence-electron chi connectivity index (χ4n) is 5.40. The number of carbonyl (C=O) groups excluding carboxylic acids is 1. The molecular weight excluding hydrogens is 600 g/mol. The normalized spacial score (nSPS) is 15.1. The summed E-state index contributed by atoms with van der Waals surface area (Å²) in [6, 6.07) is 7.50. The molecule has 1 aromatic carbocycles. The largest absolute Gasteiger partial charge is 0.496 e. The Morgan fingerprint density at radius 3 is 2.60 bits per heavy atom. The first-order valence-corrected chi connectivity index (χ1v) is 15.8. The quantitative estimate of drug-likeness (QED) is 0.221. The van der Waals surface area contributed by atoms with Crippen molar-refractivity contribution < 1.29 is 28.3 Å². The summed E-state index contributed by atoms with van der Waals surface area (Å²) in [6.45, 7) is 10.2. The van der Waals surface area contributed by atoms with Gasteiger partial charge in [-0.2, -0.15) is 0 Å². The van der Waals surface area contributed by atoms with E-state index in [2.05, 4.69) is 10.5 Å². The maximum Gasteiger partial charge on any atom is 0.333 e. The summed E-state index contributed by atoms with van der Waals surface area (Å²) in [4.78, 5) is 52.9. The first-order valence-electron chi connectivity index (χ1n) is 15.0. The first kappa shape index (κ1) is 32.6. The summed E-state index contributed by atoms with van der Waals surface area (Å²) < 4.78 is 26.0. The molecule has 0 aliphatic carbocycles. The number of nitrogens with zero attached hydrogens (tertiary/aromatic N) is 3. The minimum atomic E-state index is -1.61. The molecule has 4 aromatic rings. The second-order valence-corrected chi connectivity index (χ2v) is 13.0. The lowest BCUT2D eigenvalue weighted by Gasteiger charge is -2.30. The van der Waals surface area contributed by atoms with E-state index in [1.54, 1.807) is 14.0 Å². The Morgan fingerprint density at radius 2 is 1.93 bits per heavy atom. The number of aryl methyl sites for hydroxylation is 1. The second kappa shape index (κ2) is 13.7. The van der Waals surface area contributed by atoms with Gasteiger partial charge in [0.1, 0.15) is 28.5 Å². The van der Waals surface area contributed by atoms with Gasteiger partial charge in [-0.25, -0.2) is 19.8 Å². The highest BCUT2D eigenvalue weighted by atomic mass is 32.1. The predicted molar refractivity (Wildman–Crippen MR) is 169 cm³/mol. The number of carbonyl (C=O) groups is 1. The number of hydrogen-bond donors (Lipinski definition) is 1. The molecule has 1 saturated heterocycles. The lowest BCUT2D eigenvalue weighted by molar-refractivity contribution is -0.142. The SMILES string of the molecule is COc1ccccc1C(Cn1c(=O)n(C(C)(C)C(=O)NOCC(C)C)c(=O)c2c(C)c(-c3ncco3)sc21)OC1CCOCC1. The van der Waals surface area contributed by atoms with Crippen molar-refractivity contribution in [2.24, 2.45) is 5.92 Å². The number of benzene rings is 1. The molecule has 45 heavy (non-hydrogen) atoms. The number of methoxy groups -OCH3 is 1. The third-order valence-corrected chi connectivity index (χ3v) is 9.20. The maximum absolute atomic E-state index is 14.5. The molecule has 242 valence electrons. The van der Waals surface area contributed by atoms with Crippen molar-refractivity contribution in [3.8, 4) is 16.5 Å². The molecule has 1 N–H and O–H groups in total. The van der Waals surface area contributed by atoms with Crippen molar-refractivity contribution in [1.29, 1.82) is 0 Å². The topological polar surface area (TPSA) is 136 Å². The molecule has 0 radical (unpaired) electrons. The van der Waals surface area contributed by atoms with Crippen LogP contribution in [-0.2, 0) is 31.2 Å². The molecule has 0 spiro atoms. The van der Waals surface area contributed by atoms with Gasteiger partial charge >= 0.3 is 5.69 Å². The van der Waals surface area contributed by atoms with Crippen molar-refractivity contribution >= 4 is 27.5 Å². The zero-order valence-electron chi connectivity index (χ0n) is 26.5. The average Bonchev–Trinajstić information content (AvgIpc) is 3.67. The molecule has 13 heteroatoms. The van der Waals surface area contributed by atoms with Gasteiger partial charge < -0.3 is 18.6 Å². The number of aromatic nitrogens is 3. The standard InChI is InChI=1S/C32H40N4O8S/c1-19(2)18-43-34-30(38)32(4,5)36-28(37)25-20(3)26(27-33-13-16-42-27)45-29(25)35(31(36)39)17-24(44-21-11-14-41-15-12-21)22-9-7-8-10-23(22)40-6/h7-10,13,16,19,21,24H,11-12,14-15,17-18H2,1-6H3,(H,34,38). The van der Waals surface area contributed by atoms with Gasteiger partial charge in [-0.05, 0) is 51.2 Å². The predicted octanol–water partition coefficient (Wildman–Crippen LogP) is 4.57. The van der Waals surface area contributed by atoms with Crippen LogP contribution in [0.3, 0.4) is 0 Å². The summed E-state index contributed by atoms with van der Waals surface area (Å²) >= 11 is 1.24. The Labute approximate surface area is 264 Å². The van der Waals surface area contributed by atoms with Gasteiger partial charge in [0.05, 0.1) is 42.8 Å². The number of fused-ring (bicyclic) bond motifs is 1. The van der Waals surface area contributed by atoms with Crippen LogP contribution in [0.5, 0.6) is 5.75 Å². The fraction of sp³-hybridized carbons (Fsp3) is 0.500. The minimum absolute atomic E-state index is 0.0415. The van der Waals surface area contributed by atoms with Gasteiger partial charge in [0.15, 0.2) is 0 Å². The Balaban J connectivity index is 1.70. The van der Waals surface area contributed by atoms with Gasteiger partial charge in [0, 0.05) is 18.8 Å². The molecule has 4 heterocycles. The minimum Gasteiger partial charge on any atom is -0.496 e. The van der Waals surface area contributed by atoms with E-state index < -0.39 is 28.8 Å². The summed E-state index contributed by atoms with van der Waals surface area (Å²) in [5, 5.41) is 0.293. The molecule has 5 rings (SSSR count). The van der Waals surface area contributed by atoms with Gasteiger partial charge in [0.25, 0.3) is 11.5 Å². The van der Waals surface area contributed by atoms with Crippen molar-refractivity contribution in [2.75, 3.05) is 26.9 Å². The number of para-hydroxylation sites is 1. The van der Waals surface area contributed by atoms with E-state index in [-0.39, 0.29) is 25.2 Å². The van der Waals surface area contributed by atoms with Crippen LogP contribution in [-0.4, -0.2) is 53.1 Å². The zero-order valence-corrected chi connectivity index (χ0v) is 27.3. The molecule has 1 atom stereocenters. The number of hydroxylamine groups is 1. The van der Waals surface area contributed by atoms with Gasteiger partial charge in [-0.1, -0.05) is 32.0 Å². The number of hydrogen-bond acceptors (Lipinski definition) is 10. The molecule has 0 saturated carbocycles. The molecule has 1 unspecified atom stereocenters. The highest BCUT2D eigenvalue weighted by Gasteiger charge is 2.37. The Morgan fingerprint density at radius 1 is 1.20 bits per heavy atom. The van der Waals surface area contributed by atoms with E-state index >= 15 is 0 Å². The molecule has 3 aromatic heterocycles. The number of oxazole rings is 1. The first-order chi connectivity index (χ1) is 21.5. The molecule has 1 aliphatic rings. The number of thiophene rings is 1. The van der Waals surface area contributed by atoms with E-state index in [1.807, 2.05) is 38.1 Å². The van der Waals surface area contributed by atoms with Crippen molar-refractivity contribution in [1.82, 2.24) is 19.6 Å². The van der Waals surface area contributed by atoms with Crippen LogP contribution < -0.4 is 21.5 Å². The van der Waals surface area contributed by atoms with Crippen LogP contribution in [0.4, 0.5) is 0 Å². The third kappa shape index (κ3) is 6.62. The molecular formula is C32H40N4O8S. The molecule has 1 aliphatic heterocycles. The molecule has 1 amide bonds. The number of ether oxygens (including phenoxy) is 3. The summed E-state index contributed by atoms with van der Waals surface area (Å²) in [7, 11) is 1.59. The zero-order chi connectivity index (χ0) is 32.3. The second-order valence-electron chi connectivity index (χ2n) is 12.0. The maximum atomic E-state index is 14.5. The fourth-order valence-corrected chi connectivity index (χ4v) is 6.64. The van der Waals surface area contributed by atoms with Crippen LogP contribution in [0.15, 0.2) is 50.7 Å². The number of amides is 1. The average molecular weight is 641 g/mol. The van der Waals surface area contributed by atoms with Crippen LogP contribution in [0.25, 0.3) is 21.0 Å². The van der Waals surface area contributed by atoms with E-state index in [1.165, 1.54) is 42.2 Å². The Kier molecular flexibility index (Phi) is 9.92. The van der Waals surface area contributed by atoms with Crippen molar-refractivity contribution in [2.45, 2.75) is 71.8 Å². The summed E-state index contributed by atoms with van der Waals surface area (Å²) in [5.74, 6) is 0.470. The summed E-state index contributed by atoms with van der Waals surface area (Å²) in [5.41, 5.74) is 0.911. The van der Waals surface area contributed by atoms with E-state index in [9.17, 15) is 14.4 Å². The molecule has 1 fully saturated rings. The number of nitrogens with one attached hydrogen (secondary N) is 1. The van der Waals surface area contributed by atoms with Crippen molar-refractivity contribution in [3.05, 3.63) is 68.7 Å². The highest BCUT2D eigenvalue weighted by molar-refractivity contribution is 7.22. The van der Waals surface area contributed by atoms with E-state index in [0.29, 0.717) is 58.4 Å². The van der Waals surface area contributed by atoms with Crippen LogP contribution in [0.2, 0.25) is 0 Å². The third-order valence-electron chi connectivity index (χ3n) is 7.89. The van der Waals surface area contributed by atoms with Crippen LogP contribution >= 0.6 is 11.3 Å². The smallest absolute Gasteiger partial charge is 0.333 e. The van der Waals surface area contributed by atoms with Crippen LogP contribution in [0.1, 0.15) is 57.8 Å². The van der Waals surface area contributed by atoms with Gasteiger partial charge in [-0.3, -0.25) is 19.0 Å². The summed E-state index contributed by atoms with van der Waals surface area (Å²) in [6.07, 6.45) is 3.63.